The Bertz CT molecular complexity index is 336. The molecule has 1 aliphatic heterocycles. The van der Waals surface area contributed by atoms with Gasteiger partial charge in [-0.25, -0.2) is 4.79 Å². The van der Waals surface area contributed by atoms with Gasteiger partial charge in [-0.05, 0) is 32.2 Å². The molecule has 3 amide bonds. The molecule has 2 aliphatic rings. The molecule has 6 heteroatoms. The largest absolute Gasteiger partial charge is 0.368 e. The molecule has 0 bridgehead atoms. The van der Waals surface area contributed by atoms with Gasteiger partial charge in [0.2, 0.25) is 5.91 Å². The summed E-state index contributed by atoms with van der Waals surface area (Å²) in [5, 5.41) is 6.35. The SMILES string of the molecule is NC(=O)CN(C(=O)NC1CCCCC1)C1CCCNC1. The average molecular weight is 282 g/mol. The lowest BCUT2D eigenvalue weighted by Gasteiger charge is -2.35. The Morgan fingerprint density at radius 2 is 1.90 bits per heavy atom. The van der Waals surface area contributed by atoms with Gasteiger partial charge in [0.25, 0.3) is 0 Å². The summed E-state index contributed by atoms with van der Waals surface area (Å²) in [6.45, 7) is 1.72. The quantitative estimate of drug-likeness (QED) is 0.704. The molecule has 0 aromatic carbocycles. The maximum Gasteiger partial charge on any atom is 0.318 e. The molecule has 0 aromatic heterocycles. The van der Waals surface area contributed by atoms with Gasteiger partial charge in [0.05, 0.1) is 0 Å². The van der Waals surface area contributed by atoms with Crippen molar-refractivity contribution < 1.29 is 9.59 Å². The third-order valence-electron chi connectivity index (χ3n) is 4.23. The molecule has 0 spiro atoms. The summed E-state index contributed by atoms with van der Waals surface area (Å²) in [6.07, 6.45) is 7.63. The van der Waals surface area contributed by atoms with E-state index in [1.165, 1.54) is 19.3 Å². The second-order valence-corrected chi connectivity index (χ2v) is 5.88. The van der Waals surface area contributed by atoms with Crippen LogP contribution in [-0.2, 0) is 4.79 Å². The van der Waals surface area contributed by atoms with Crippen molar-refractivity contribution in [2.45, 2.75) is 57.0 Å². The zero-order chi connectivity index (χ0) is 14.4. The summed E-state index contributed by atoms with van der Waals surface area (Å²) in [5.74, 6) is -0.450. The van der Waals surface area contributed by atoms with Gasteiger partial charge in [0.15, 0.2) is 0 Å². The van der Waals surface area contributed by atoms with E-state index in [4.69, 9.17) is 5.73 Å². The van der Waals surface area contributed by atoms with Crippen LogP contribution in [0.5, 0.6) is 0 Å². The molecule has 0 radical (unpaired) electrons. The molecule has 20 heavy (non-hydrogen) atoms. The highest BCUT2D eigenvalue weighted by Gasteiger charge is 2.28. The van der Waals surface area contributed by atoms with E-state index in [1.54, 1.807) is 4.90 Å². The molecule has 1 heterocycles. The monoisotopic (exact) mass is 282 g/mol. The number of primary amides is 1. The van der Waals surface area contributed by atoms with Crippen molar-refractivity contribution in [3.05, 3.63) is 0 Å². The first-order valence-electron chi connectivity index (χ1n) is 7.73. The minimum atomic E-state index is -0.450. The zero-order valence-corrected chi connectivity index (χ0v) is 12.1. The minimum Gasteiger partial charge on any atom is -0.368 e. The van der Waals surface area contributed by atoms with Gasteiger partial charge in [-0.2, -0.15) is 0 Å². The van der Waals surface area contributed by atoms with Gasteiger partial charge >= 0.3 is 6.03 Å². The number of carbonyl (C=O) groups is 2. The van der Waals surface area contributed by atoms with E-state index in [0.29, 0.717) is 0 Å². The summed E-state index contributed by atoms with van der Waals surface area (Å²) in [7, 11) is 0. The van der Waals surface area contributed by atoms with Crippen LogP contribution in [0, 0.1) is 0 Å². The van der Waals surface area contributed by atoms with Crippen LogP contribution in [0.2, 0.25) is 0 Å². The van der Waals surface area contributed by atoms with Crippen LogP contribution in [0.4, 0.5) is 4.79 Å². The predicted molar refractivity (Wildman–Crippen MR) is 77.2 cm³/mol. The third-order valence-corrected chi connectivity index (χ3v) is 4.23. The van der Waals surface area contributed by atoms with Crippen LogP contribution in [0.3, 0.4) is 0 Å². The summed E-state index contributed by atoms with van der Waals surface area (Å²) in [6, 6.07) is 0.187. The fourth-order valence-corrected chi connectivity index (χ4v) is 3.14. The maximum absolute atomic E-state index is 12.4. The van der Waals surface area contributed by atoms with E-state index in [9.17, 15) is 9.59 Å². The Hall–Kier alpha value is -1.30. The van der Waals surface area contributed by atoms with Crippen LogP contribution in [0.1, 0.15) is 44.9 Å². The van der Waals surface area contributed by atoms with Crippen LogP contribution in [0.15, 0.2) is 0 Å². The van der Waals surface area contributed by atoms with Gasteiger partial charge in [-0.1, -0.05) is 19.3 Å². The minimum absolute atomic E-state index is 0.00486. The molecule has 2 rings (SSSR count). The Balaban J connectivity index is 1.93. The molecule has 6 nitrogen and oxygen atoms in total. The number of amides is 3. The fraction of sp³-hybridized carbons (Fsp3) is 0.857. The molecule has 1 saturated heterocycles. The van der Waals surface area contributed by atoms with Crippen LogP contribution in [0.25, 0.3) is 0 Å². The molecule has 4 N–H and O–H groups in total. The van der Waals surface area contributed by atoms with Crippen molar-refractivity contribution in [1.29, 1.82) is 0 Å². The second-order valence-electron chi connectivity index (χ2n) is 5.88. The van der Waals surface area contributed by atoms with Gasteiger partial charge in [-0.15, -0.1) is 0 Å². The summed E-state index contributed by atoms with van der Waals surface area (Å²) in [5.41, 5.74) is 5.29. The lowest BCUT2D eigenvalue weighted by molar-refractivity contribution is -0.119. The van der Waals surface area contributed by atoms with Crippen molar-refractivity contribution in [2.75, 3.05) is 19.6 Å². The smallest absolute Gasteiger partial charge is 0.318 e. The first kappa shape index (κ1) is 15.1. The van der Waals surface area contributed by atoms with Gasteiger partial charge < -0.3 is 21.3 Å². The summed E-state index contributed by atoms with van der Waals surface area (Å²) in [4.78, 5) is 25.3. The molecule has 1 atom stereocenters. The van der Waals surface area contributed by atoms with E-state index in [0.717, 1.165) is 38.8 Å². The summed E-state index contributed by atoms with van der Waals surface area (Å²) < 4.78 is 0. The van der Waals surface area contributed by atoms with Crippen molar-refractivity contribution in [1.82, 2.24) is 15.5 Å². The van der Waals surface area contributed by atoms with Gasteiger partial charge in [0, 0.05) is 18.6 Å². The maximum atomic E-state index is 12.4. The fourth-order valence-electron chi connectivity index (χ4n) is 3.14. The Morgan fingerprint density at radius 1 is 1.15 bits per heavy atom. The lowest BCUT2D eigenvalue weighted by Crippen LogP contribution is -2.56. The van der Waals surface area contributed by atoms with Crippen LogP contribution < -0.4 is 16.4 Å². The van der Waals surface area contributed by atoms with Gasteiger partial charge in [-0.3, -0.25) is 4.79 Å². The molecule has 1 aliphatic carbocycles. The summed E-state index contributed by atoms with van der Waals surface area (Å²) >= 11 is 0. The van der Waals surface area contributed by atoms with Crippen molar-refractivity contribution in [3.8, 4) is 0 Å². The van der Waals surface area contributed by atoms with E-state index < -0.39 is 5.91 Å². The Labute approximate surface area is 120 Å². The van der Waals surface area contributed by atoms with Crippen LogP contribution >= 0.6 is 0 Å². The number of carbonyl (C=O) groups excluding carboxylic acids is 2. The number of nitrogens with two attached hydrogens (primary N) is 1. The highest BCUT2D eigenvalue weighted by molar-refractivity contribution is 5.83. The van der Waals surface area contributed by atoms with Crippen LogP contribution in [-0.4, -0.2) is 48.6 Å². The average Bonchev–Trinajstić information content (AvgIpc) is 2.46. The topological polar surface area (TPSA) is 87.5 Å². The lowest BCUT2D eigenvalue weighted by atomic mass is 9.95. The number of rotatable bonds is 4. The molecule has 114 valence electrons. The zero-order valence-electron chi connectivity index (χ0n) is 12.1. The Kier molecular flexibility index (Phi) is 5.64. The number of hydrogen-bond acceptors (Lipinski definition) is 3. The second kappa shape index (κ2) is 7.47. The third kappa shape index (κ3) is 4.37. The normalized spacial score (nSPS) is 24.1. The molecular formula is C14H26N4O2. The predicted octanol–water partition coefficient (Wildman–Crippen LogP) is 0.568. The van der Waals surface area contributed by atoms with E-state index in [2.05, 4.69) is 10.6 Å². The number of piperidine rings is 1. The van der Waals surface area contributed by atoms with Crippen molar-refractivity contribution >= 4 is 11.9 Å². The molecule has 1 unspecified atom stereocenters. The first-order chi connectivity index (χ1) is 9.66. The van der Waals surface area contributed by atoms with E-state index >= 15 is 0 Å². The molecule has 1 saturated carbocycles. The highest BCUT2D eigenvalue weighted by Crippen LogP contribution is 2.18. The first-order valence-corrected chi connectivity index (χ1v) is 7.73. The van der Waals surface area contributed by atoms with Crippen molar-refractivity contribution in [3.63, 3.8) is 0 Å². The van der Waals surface area contributed by atoms with E-state index in [-0.39, 0.29) is 24.7 Å². The van der Waals surface area contributed by atoms with Gasteiger partial charge in [0.1, 0.15) is 6.54 Å². The number of urea groups is 1. The number of nitrogens with one attached hydrogen (secondary N) is 2. The molecule has 0 aromatic rings. The standard InChI is InChI=1S/C14H26N4O2/c15-13(19)10-18(12-7-4-8-16-9-12)14(20)17-11-5-2-1-3-6-11/h11-12,16H,1-10H2,(H2,15,19)(H,17,20). The van der Waals surface area contributed by atoms with E-state index in [1.807, 2.05) is 0 Å². The highest BCUT2D eigenvalue weighted by atomic mass is 16.2. The molecule has 2 fully saturated rings. The number of nitrogens with zero attached hydrogens (tertiary/aromatic N) is 1. The number of hydrogen-bond donors (Lipinski definition) is 3. The van der Waals surface area contributed by atoms with Crippen molar-refractivity contribution in [2.24, 2.45) is 5.73 Å². The Morgan fingerprint density at radius 3 is 2.50 bits per heavy atom. The molecular weight excluding hydrogens is 256 g/mol.